The molecule has 0 aliphatic carbocycles. The molecule has 0 aromatic heterocycles. The molecule has 1 unspecified atom stereocenters. The third-order valence-electron chi connectivity index (χ3n) is 2.81. The fraction of sp³-hybridized carbons (Fsp3) is 0.538. The van der Waals surface area contributed by atoms with Crippen molar-refractivity contribution in [3.8, 4) is 0 Å². The van der Waals surface area contributed by atoms with E-state index in [1.807, 2.05) is 0 Å². The zero-order valence-corrected chi connectivity index (χ0v) is 9.31. The van der Waals surface area contributed by atoms with Crippen LogP contribution in [0, 0.1) is 19.8 Å². The zero-order valence-electron chi connectivity index (χ0n) is 9.31. The first kappa shape index (κ1) is 11.2. The van der Waals surface area contributed by atoms with Gasteiger partial charge >= 0.3 is 0 Å². The predicted octanol–water partition coefficient (Wildman–Crippen LogP) is 3.84. The SMILES string of the molecule is CCC(CF)Cc1cc(C)ccc1C. The molecule has 0 aliphatic rings. The second kappa shape index (κ2) is 5.14. The fourth-order valence-electron chi connectivity index (χ4n) is 1.64. The van der Waals surface area contributed by atoms with Gasteiger partial charge in [0.15, 0.2) is 0 Å². The van der Waals surface area contributed by atoms with Gasteiger partial charge in [0.05, 0.1) is 6.67 Å². The van der Waals surface area contributed by atoms with Gasteiger partial charge in [0.1, 0.15) is 0 Å². The Labute approximate surface area is 86.2 Å². The molecule has 0 spiro atoms. The minimum atomic E-state index is -0.204. The number of benzene rings is 1. The summed E-state index contributed by atoms with van der Waals surface area (Å²) in [5, 5.41) is 0. The average molecular weight is 194 g/mol. The zero-order chi connectivity index (χ0) is 10.6. The molecule has 1 aromatic carbocycles. The molecule has 1 atom stereocenters. The summed E-state index contributed by atoms with van der Waals surface area (Å²) in [6, 6.07) is 6.40. The summed E-state index contributed by atoms with van der Waals surface area (Å²) in [6.07, 6.45) is 1.80. The van der Waals surface area contributed by atoms with Crippen LogP contribution in [0.4, 0.5) is 4.39 Å². The fourth-order valence-corrected chi connectivity index (χ4v) is 1.64. The largest absolute Gasteiger partial charge is 0.251 e. The first-order chi connectivity index (χ1) is 6.67. The normalized spacial score (nSPS) is 12.9. The van der Waals surface area contributed by atoms with Crippen LogP contribution in [0.3, 0.4) is 0 Å². The molecule has 0 amide bonds. The van der Waals surface area contributed by atoms with Gasteiger partial charge in [-0.05, 0) is 37.3 Å². The molecule has 0 fully saturated rings. The second-order valence-electron chi connectivity index (χ2n) is 4.06. The summed E-state index contributed by atoms with van der Waals surface area (Å²) in [7, 11) is 0. The summed E-state index contributed by atoms with van der Waals surface area (Å²) in [5.41, 5.74) is 3.84. The molecule has 0 nitrogen and oxygen atoms in total. The smallest absolute Gasteiger partial charge is 0.0925 e. The molecular formula is C13H19F. The van der Waals surface area contributed by atoms with Crippen LogP contribution in [0.1, 0.15) is 30.0 Å². The van der Waals surface area contributed by atoms with Crippen LogP contribution in [-0.4, -0.2) is 6.67 Å². The lowest BCUT2D eigenvalue weighted by atomic mass is 9.94. The molecule has 0 heterocycles. The minimum Gasteiger partial charge on any atom is -0.251 e. The summed E-state index contributed by atoms with van der Waals surface area (Å²) >= 11 is 0. The van der Waals surface area contributed by atoms with Crippen molar-refractivity contribution >= 4 is 0 Å². The first-order valence-corrected chi connectivity index (χ1v) is 5.29. The Kier molecular flexibility index (Phi) is 4.12. The van der Waals surface area contributed by atoms with Gasteiger partial charge in [0, 0.05) is 0 Å². The Hall–Kier alpha value is -0.850. The topological polar surface area (TPSA) is 0 Å². The summed E-state index contributed by atoms with van der Waals surface area (Å²) < 4.78 is 12.6. The summed E-state index contributed by atoms with van der Waals surface area (Å²) in [5.74, 6) is 0.190. The lowest BCUT2D eigenvalue weighted by Gasteiger charge is -2.13. The molecule has 0 bridgehead atoms. The van der Waals surface area contributed by atoms with Crippen molar-refractivity contribution in [2.24, 2.45) is 5.92 Å². The maximum Gasteiger partial charge on any atom is 0.0925 e. The standard InChI is InChI=1S/C13H19F/c1-4-12(9-14)8-13-7-10(2)5-6-11(13)3/h5-7,12H,4,8-9H2,1-3H3. The summed E-state index contributed by atoms with van der Waals surface area (Å²) in [4.78, 5) is 0. The Morgan fingerprint density at radius 2 is 2.00 bits per heavy atom. The highest BCUT2D eigenvalue weighted by atomic mass is 19.1. The van der Waals surface area contributed by atoms with Crippen molar-refractivity contribution < 1.29 is 4.39 Å². The molecule has 0 aliphatic heterocycles. The van der Waals surface area contributed by atoms with Crippen molar-refractivity contribution in [2.45, 2.75) is 33.6 Å². The van der Waals surface area contributed by atoms with E-state index in [-0.39, 0.29) is 12.6 Å². The van der Waals surface area contributed by atoms with Crippen molar-refractivity contribution in [1.29, 1.82) is 0 Å². The number of hydrogen-bond acceptors (Lipinski definition) is 0. The lowest BCUT2D eigenvalue weighted by molar-refractivity contribution is 0.351. The first-order valence-electron chi connectivity index (χ1n) is 5.29. The van der Waals surface area contributed by atoms with E-state index in [0.29, 0.717) is 0 Å². The number of halogens is 1. The van der Waals surface area contributed by atoms with Crippen molar-refractivity contribution in [3.05, 3.63) is 34.9 Å². The molecule has 0 N–H and O–H groups in total. The molecule has 0 radical (unpaired) electrons. The molecule has 1 heteroatoms. The van der Waals surface area contributed by atoms with Crippen LogP contribution in [0.5, 0.6) is 0 Å². The van der Waals surface area contributed by atoms with Gasteiger partial charge in [-0.25, -0.2) is 0 Å². The van der Waals surface area contributed by atoms with E-state index in [1.54, 1.807) is 0 Å². The van der Waals surface area contributed by atoms with E-state index in [0.717, 1.165) is 12.8 Å². The third kappa shape index (κ3) is 2.83. The highest BCUT2D eigenvalue weighted by Crippen LogP contribution is 2.17. The summed E-state index contributed by atoms with van der Waals surface area (Å²) in [6.45, 7) is 6.03. The van der Waals surface area contributed by atoms with Gasteiger partial charge in [-0.3, -0.25) is 4.39 Å². The maximum atomic E-state index is 12.6. The molecule has 78 valence electrons. The Bertz CT molecular complexity index is 287. The van der Waals surface area contributed by atoms with Crippen LogP contribution < -0.4 is 0 Å². The number of alkyl halides is 1. The van der Waals surface area contributed by atoms with Crippen LogP contribution in [0.2, 0.25) is 0 Å². The Morgan fingerprint density at radius 3 is 2.57 bits per heavy atom. The highest BCUT2D eigenvalue weighted by Gasteiger charge is 2.08. The van der Waals surface area contributed by atoms with Crippen molar-refractivity contribution in [2.75, 3.05) is 6.67 Å². The van der Waals surface area contributed by atoms with Gasteiger partial charge in [-0.2, -0.15) is 0 Å². The molecule has 14 heavy (non-hydrogen) atoms. The van der Waals surface area contributed by atoms with Crippen LogP contribution >= 0.6 is 0 Å². The van der Waals surface area contributed by atoms with Crippen LogP contribution in [0.15, 0.2) is 18.2 Å². The van der Waals surface area contributed by atoms with E-state index >= 15 is 0 Å². The molecule has 1 rings (SSSR count). The predicted molar refractivity (Wildman–Crippen MR) is 59.4 cm³/mol. The van der Waals surface area contributed by atoms with E-state index < -0.39 is 0 Å². The van der Waals surface area contributed by atoms with Gasteiger partial charge in [0.25, 0.3) is 0 Å². The molecular weight excluding hydrogens is 175 g/mol. The van der Waals surface area contributed by atoms with E-state index in [2.05, 4.69) is 39.0 Å². The second-order valence-corrected chi connectivity index (χ2v) is 4.06. The molecule has 0 saturated carbocycles. The highest BCUT2D eigenvalue weighted by molar-refractivity contribution is 5.30. The van der Waals surface area contributed by atoms with E-state index in [4.69, 9.17) is 0 Å². The van der Waals surface area contributed by atoms with Crippen molar-refractivity contribution in [1.82, 2.24) is 0 Å². The maximum absolute atomic E-state index is 12.6. The average Bonchev–Trinajstić information content (AvgIpc) is 2.19. The lowest BCUT2D eigenvalue weighted by Crippen LogP contribution is -2.06. The van der Waals surface area contributed by atoms with E-state index in [9.17, 15) is 4.39 Å². The van der Waals surface area contributed by atoms with Gasteiger partial charge in [-0.15, -0.1) is 0 Å². The number of hydrogen-bond donors (Lipinski definition) is 0. The monoisotopic (exact) mass is 194 g/mol. The molecule has 0 saturated heterocycles. The van der Waals surface area contributed by atoms with Gasteiger partial charge < -0.3 is 0 Å². The van der Waals surface area contributed by atoms with E-state index in [1.165, 1.54) is 16.7 Å². The Morgan fingerprint density at radius 1 is 1.29 bits per heavy atom. The number of rotatable bonds is 4. The van der Waals surface area contributed by atoms with Crippen LogP contribution in [0.25, 0.3) is 0 Å². The van der Waals surface area contributed by atoms with Crippen molar-refractivity contribution in [3.63, 3.8) is 0 Å². The Balaban J connectivity index is 2.79. The molecule has 1 aromatic rings. The van der Waals surface area contributed by atoms with Gasteiger partial charge in [-0.1, -0.05) is 37.1 Å². The minimum absolute atomic E-state index is 0.190. The number of aryl methyl sites for hydroxylation is 2. The van der Waals surface area contributed by atoms with Gasteiger partial charge in [0.2, 0.25) is 0 Å². The quantitative estimate of drug-likeness (QED) is 0.683. The third-order valence-corrected chi connectivity index (χ3v) is 2.81. The van der Waals surface area contributed by atoms with Crippen LogP contribution in [-0.2, 0) is 6.42 Å².